The van der Waals surface area contributed by atoms with Crippen molar-refractivity contribution in [2.45, 2.75) is 6.42 Å². The highest BCUT2D eigenvalue weighted by molar-refractivity contribution is 6.09. The number of methoxy groups -OCH3 is 1. The van der Waals surface area contributed by atoms with E-state index >= 15 is 0 Å². The Morgan fingerprint density at radius 2 is 1.84 bits per heavy atom. The van der Waals surface area contributed by atoms with E-state index in [0.717, 1.165) is 30.0 Å². The molecule has 0 saturated heterocycles. The molecule has 96 valence electrons. The summed E-state index contributed by atoms with van der Waals surface area (Å²) >= 11 is 0. The fourth-order valence-corrected chi connectivity index (χ4v) is 2.34. The molecule has 2 aromatic carbocycles. The predicted molar refractivity (Wildman–Crippen MR) is 75.1 cm³/mol. The summed E-state index contributed by atoms with van der Waals surface area (Å²) in [6.07, 6.45) is 1.03. The third-order valence-corrected chi connectivity index (χ3v) is 3.43. The van der Waals surface area contributed by atoms with E-state index in [2.05, 4.69) is 5.32 Å². The molecule has 0 spiro atoms. The van der Waals surface area contributed by atoms with Crippen molar-refractivity contribution in [3.05, 3.63) is 59.2 Å². The van der Waals surface area contributed by atoms with Crippen LogP contribution in [0.2, 0.25) is 0 Å². The smallest absolute Gasteiger partial charge is 0.193 e. The van der Waals surface area contributed by atoms with Gasteiger partial charge in [-0.2, -0.15) is 0 Å². The maximum atomic E-state index is 12.4. The summed E-state index contributed by atoms with van der Waals surface area (Å²) in [5.74, 6) is 0.798. The van der Waals surface area contributed by atoms with Gasteiger partial charge in [0.05, 0.1) is 7.11 Å². The average Bonchev–Trinajstić information content (AvgIpc) is 2.94. The van der Waals surface area contributed by atoms with Gasteiger partial charge >= 0.3 is 0 Å². The molecular formula is C16H15NO2. The molecule has 1 N–H and O–H groups in total. The van der Waals surface area contributed by atoms with Gasteiger partial charge in [0.25, 0.3) is 0 Å². The number of carbonyl (C=O) groups is 1. The van der Waals surface area contributed by atoms with Crippen molar-refractivity contribution in [1.29, 1.82) is 0 Å². The lowest BCUT2D eigenvalue weighted by atomic mass is 10.0. The first-order chi connectivity index (χ1) is 9.28. The van der Waals surface area contributed by atoms with Crippen LogP contribution in [-0.4, -0.2) is 19.4 Å². The van der Waals surface area contributed by atoms with Crippen LogP contribution >= 0.6 is 0 Å². The second-order valence-corrected chi connectivity index (χ2v) is 4.61. The lowest BCUT2D eigenvalue weighted by Gasteiger charge is -2.05. The number of hydrogen-bond acceptors (Lipinski definition) is 3. The molecule has 3 rings (SSSR count). The number of ketones is 1. The van der Waals surface area contributed by atoms with E-state index in [-0.39, 0.29) is 5.78 Å². The van der Waals surface area contributed by atoms with Crippen molar-refractivity contribution in [3.8, 4) is 5.75 Å². The molecule has 1 aliphatic heterocycles. The highest BCUT2D eigenvalue weighted by Gasteiger charge is 2.14. The monoisotopic (exact) mass is 253 g/mol. The maximum Gasteiger partial charge on any atom is 0.193 e. The van der Waals surface area contributed by atoms with Crippen LogP contribution in [0.1, 0.15) is 21.5 Å². The van der Waals surface area contributed by atoms with Gasteiger partial charge in [-0.3, -0.25) is 4.79 Å². The Morgan fingerprint density at radius 1 is 1.11 bits per heavy atom. The minimum Gasteiger partial charge on any atom is -0.497 e. The van der Waals surface area contributed by atoms with Crippen LogP contribution in [0.3, 0.4) is 0 Å². The Hall–Kier alpha value is -2.29. The minimum absolute atomic E-state index is 0.0409. The Kier molecular flexibility index (Phi) is 2.95. The Bertz CT molecular complexity index is 617. The topological polar surface area (TPSA) is 38.3 Å². The number of carbonyl (C=O) groups excluding carboxylic acids is 1. The van der Waals surface area contributed by atoms with Gasteiger partial charge in [-0.15, -0.1) is 0 Å². The first-order valence-corrected chi connectivity index (χ1v) is 6.33. The molecule has 2 aromatic rings. The number of nitrogens with one attached hydrogen (secondary N) is 1. The summed E-state index contributed by atoms with van der Waals surface area (Å²) in [6.45, 7) is 0.954. The normalized spacial score (nSPS) is 12.7. The molecule has 0 bridgehead atoms. The Balaban J connectivity index is 1.90. The van der Waals surface area contributed by atoms with E-state index < -0.39 is 0 Å². The van der Waals surface area contributed by atoms with E-state index in [1.807, 2.05) is 18.2 Å². The number of fused-ring (bicyclic) bond motifs is 1. The fraction of sp³-hybridized carbons (Fsp3) is 0.188. The van der Waals surface area contributed by atoms with Gasteiger partial charge in [-0.05, 0) is 42.3 Å². The summed E-state index contributed by atoms with van der Waals surface area (Å²) in [6, 6.07) is 13.1. The molecule has 0 aromatic heterocycles. The third-order valence-electron chi connectivity index (χ3n) is 3.43. The molecular weight excluding hydrogens is 238 g/mol. The zero-order chi connectivity index (χ0) is 13.2. The van der Waals surface area contributed by atoms with Crippen molar-refractivity contribution in [3.63, 3.8) is 0 Å². The van der Waals surface area contributed by atoms with E-state index in [4.69, 9.17) is 4.74 Å². The van der Waals surface area contributed by atoms with Gasteiger partial charge < -0.3 is 10.1 Å². The van der Waals surface area contributed by atoms with Crippen molar-refractivity contribution in [2.75, 3.05) is 19.0 Å². The van der Waals surface area contributed by atoms with E-state index in [1.54, 1.807) is 31.4 Å². The second kappa shape index (κ2) is 4.76. The van der Waals surface area contributed by atoms with Gasteiger partial charge in [0.2, 0.25) is 0 Å². The molecule has 3 nitrogen and oxygen atoms in total. The molecule has 0 atom stereocenters. The quantitative estimate of drug-likeness (QED) is 0.855. The molecule has 1 aliphatic rings. The second-order valence-electron chi connectivity index (χ2n) is 4.61. The lowest BCUT2D eigenvalue weighted by molar-refractivity contribution is 0.103. The zero-order valence-electron chi connectivity index (χ0n) is 10.8. The predicted octanol–water partition coefficient (Wildman–Crippen LogP) is 2.89. The van der Waals surface area contributed by atoms with Crippen molar-refractivity contribution < 1.29 is 9.53 Å². The largest absolute Gasteiger partial charge is 0.497 e. The number of benzene rings is 2. The molecule has 0 amide bonds. The summed E-state index contributed by atoms with van der Waals surface area (Å²) in [5, 5.41) is 3.29. The van der Waals surface area contributed by atoms with Crippen LogP contribution in [0.15, 0.2) is 42.5 Å². The van der Waals surface area contributed by atoms with E-state index in [1.165, 1.54) is 5.56 Å². The Morgan fingerprint density at radius 3 is 2.58 bits per heavy atom. The highest BCUT2D eigenvalue weighted by atomic mass is 16.5. The van der Waals surface area contributed by atoms with E-state index in [9.17, 15) is 4.79 Å². The van der Waals surface area contributed by atoms with Crippen LogP contribution in [0.4, 0.5) is 5.69 Å². The minimum atomic E-state index is 0.0409. The summed E-state index contributed by atoms with van der Waals surface area (Å²) < 4.78 is 5.09. The zero-order valence-corrected chi connectivity index (χ0v) is 10.8. The number of rotatable bonds is 3. The van der Waals surface area contributed by atoms with Gasteiger partial charge in [-0.25, -0.2) is 0 Å². The van der Waals surface area contributed by atoms with Crippen molar-refractivity contribution in [1.82, 2.24) is 0 Å². The first-order valence-electron chi connectivity index (χ1n) is 6.33. The van der Waals surface area contributed by atoms with Gasteiger partial charge in [0.1, 0.15) is 5.75 Å². The number of hydrogen-bond donors (Lipinski definition) is 1. The van der Waals surface area contributed by atoms with Gasteiger partial charge in [0, 0.05) is 23.4 Å². The lowest BCUT2D eigenvalue weighted by Crippen LogP contribution is -2.02. The van der Waals surface area contributed by atoms with Crippen LogP contribution in [-0.2, 0) is 6.42 Å². The fourth-order valence-electron chi connectivity index (χ4n) is 2.34. The van der Waals surface area contributed by atoms with Crippen LogP contribution in [0.5, 0.6) is 5.75 Å². The summed E-state index contributed by atoms with van der Waals surface area (Å²) in [5.41, 5.74) is 3.77. The summed E-state index contributed by atoms with van der Waals surface area (Å²) in [7, 11) is 1.61. The SMILES string of the molecule is COc1ccc(C(=O)c2ccc3c(c2)NCC3)cc1. The molecule has 0 fully saturated rings. The van der Waals surface area contributed by atoms with Crippen molar-refractivity contribution >= 4 is 11.5 Å². The van der Waals surface area contributed by atoms with Crippen molar-refractivity contribution in [2.24, 2.45) is 0 Å². The average molecular weight is 253 g/mol. The van der Waals surface area contributed by atoms with Gasteiger partial charge in [0.15, 0.2) is 5.78 Å². The van der Waals surface area contributed by atoms with E-state index in [0.29, 0.717) is 5.56 Å². The van der Waals surface area contributed by atoms with Gasteiger partial charge in [-0.1, -0.05) is 12.1 Å². The number of ether oxygens (including phenoxy) is 1. The highest BCUT2D eigenvalue weighted by Crippen LogP contribution is 2.24. The molecule has 0 unspecified atom stereocenters. The van der Waals surface area contributed by atoms with Crippen LogP contribution in [0, 0.1) is 0 Å². The first kappa shape index (κ1) is 11.8. The molecule has 1 heterocycles. The standard InChI is InChI=1S/C16H15NO2/c1-19-14-6-4-12(5-7-14)16(18)13-3-2-11-8-9-17-15(11)10-13/h2-7,10,17H,8-9H2,1H3. The molecule has 3 heteroatoms. The van der Waals surface area contributed by atoms with Crippen LogP contribution in [0.25, 0.3) is 0 Å². The molecule has 19 heavy (non-hydrogen) atoms. The molecule has 0 radical (unpaired) electrons. The summed E-state index contributed by atoms with van der Waals surface area (Å²) in [4.78, 5) is 12.4. The molecule has 0 aliphatic carbocycles. The Labute approximate surface area is 112 Å². The number of anilines is 1. The molecule has 0 saturated carbocycles. The van der Waals surface area contributed by atoms with Crippen LogP contribution < -0.4 is 10.1 Å². The maximum absolute atomic E-state index is 12.4. The third kappa shape index (κ3) is 2.19.